The molecule has 0 radical (unpaired) electrons. The van der Waals surface area contributed by atoms with Crippen LogP contribution in [0.3, 0.4) is 0 Å². The minimum Gasteiger partial charge on any atom is -0.472 e. The van der Waals surface area contributed by atoms with Crippen LogP contribution >= 0.6 is 0 Å². The number of Topliss-reactive ketones (excluding diaryl/α,β-unsaturated/α-hetero) is 1. The van der Waals surface area contributed by atoms with Gasteiger partial charge in [0.1, 0.15) is 12.2 Å². The summed E-state index contributed by atoms with van der Waals surface area (Å²) in [5.41, 5.74) is 0.493. The highest BCUT2D eigenvalue weighted by Gasteiger charge is 2.27. The van der Waals surface area contributed by atoms with Crippen molar-refractivity contribution < 1.29 is 17.9 Å². The van der Waals surface area contributed by atoms with Gasteiger partial charge in [-0.1, -0.05) is 12.1 Å². The largest absolute Gasteiger partial charge is 0.472 e. The lowest BCUT2D eigenvalue weighted by Gasteiger charge is -2.29. The molecule has 0 aliphatic heterocycles. The zero-order valence-electron chi connectivity index (χ0n) is 15.3. The molecule has 9 heteroatoms. The molecule has 1 aromatic carbocycles. The summed E-state index contributed by atoms with van der Waals surface area (Å²) < 4.78 is 33.7. The van der Waals surface area contributed by atoms with Gasteiger partial charge in [0.2, 0.25) is 15.7 Å². The number of carbonyl (C=O) groups excluding carboxylic acids is 1. The molecule has 0 atom stereocenters. The van der Waals surface area contributed by atoms with Crippen molar-refractivity contribution in [2.24, 2.45) is 0 Å². The second-order valence-corrected chi connectivity index (χ2v) is 8.33. The van der Waals surface area contributed by atoms with E-state index in [0.717, 1.165) is 0 Å². The number of sulfonamides is 1. The van der Waals surface area contributed by atoms with Crippen LogP contribution < -0.4 is 9.46 Å². The van der Waals surface area contributed by atoms with E-state index in [1.807, 2.05) is 6.07 Å². The van der Waals surface area contributed by atoms with Crippen LogP contribution in [0, 0.1) is 11.3 Å². The van der Waals surface area contributed by atoms with Crippen molar-refractivity contribution in [2.75, 3.05) is 0 Å². The number of ketones is 1. The minimum atomic E-state index is -3.71. The first-order valence-electron chi connectivity index (χ1n) is 8.90. The number of rotatable bonds is 6. The van der Waals surface area contributed by atoms with Crippen LogP contribution in [-0.2, 0) is 10.0 Å². The molecule has 8 nitrogen and oxygen atoms in total. The van der Waals surface area contributed by atoms with E-state index in [0.29, 0.717) is 31.2 Å². The maximum atomic E-state index is 12.6. The van der Waals surface area contributed by atoms with Crippen molar-refractivity contribution in [2.45, 2.75) is 49.6 Å². The third-order valence-corrected chi connectivity index (χ3v) is 6.11. The summed E-state index contributed by atoms with van der Waals surface area (Å²) in [6.45, 7) is 1.40. The number of nitrogens with zero attached hydrogens (tertiary/aromatic N) is 3. The molecule has 1 N–H and O–H groups in total. The average Bonchev–Trinajstić information content (AvgIpc) is 2.70. The maximum Gasteiger partial charge on any atom is 0.251 e. The van der Waals surface area contributed by atoms with E-state index in [-0.39, 0.29) is 34.4 Å². The van der Waals surface area contributed by atoms with Crippen molar-refractivity contribution in [3.63, 3.8) is 0 Å². The van der Waals surface area contributed by atoms with Crippen LogP contribution in [0.4, 0.5) is 0 Å². The molecule has 3 rings (SSSR count). The van der Waals surface area contributed by atoms with Gasteiger partial charge in [-0.25, -0.2) is 23.1 Å². The van der Waals surface area contributed by atoms with Crippen LogP contribution in [0.25, 0.3) is 0 Å². The van der Waals surface area contributed by atoms with Gasteiger partial charge in [0.05, 0.1) is 4.90 Å². The van der Waals surface area contributed by atoms with Crippen LogP contribution in [0.15, 0.2) is 41.6 Å². The van der Waals surface area contributed by atoms with E-state index in [9.17, 15) is 13.2 Å². The number of carbonyl (C=O) groups is 1. The number of nitrogens with one attached hydrogen (secondary N) is 1. The molecule has 1 fully saturated rings. The molecule has 28 heavy (non-hydrogen) atoms. The fourth-order valence-corrected chi connectivity index (χ4v) is 4.46. The Hall–Kier alpha value is -2.83. The summed E-state index contributed by atoms with van der Waals surface area (Å²) in [5.74, 6) is 0.0190. The van der Waals surface area contributed by atoms with Crippen molar-refractivity contribution >= 4 is 15.8 Å². The lowest BCUT2D eigenvalue weighted by atomic mass is 9.94. The van der Waals surface area contributed by atoms with Crippen molar-refractivity contribution in [3.05, 3.63) is 47.9 Å². The van der Waals surface area contributed by atoms with Crippen LogP contribution in [0.1, 0.15) is 48.7 Å². The number of hydrogen-bond acceptors (Lipinski definition) is 7. The van der Waals surface area contributed by atoms with Crippen LogP contribution in [0.5, 0.6) is 5.88 Å². The van der Waals surface area contributed by atoms with Gasteiger partial charge in [0.15, 0.2) is 5.78 Å². The molecule has 0 bridgehead atoms. The molecule has 1 aromatic heterocycles. The van der Waals surface area contributed by atoms with E-state index in [4.69, 9.17) is 10.00 Å². The van der Waals surface area contributed by atoms with Gasteiger partial charge in [-0.2, -0.15) is 5.26 Å². The number of ether oxygens (including phenoxy) is 1. The molecule has 2 aromatic rings. The second kappa shape index (κ2) is 8.46. The molecular weight excluding hydrogens is 380 g/mol. The van der Waals surface area contributed by atoms with Gasteiger partial charge in [0, 0.05) is 24.0 Å². The van der Waals surface area contributed by atoms with E-state index >= 15 is 0 Å². The van der Waals surface area contributed by atoms with Gasteiger partial charge < -0.3 is 4.74 Å². The highest BCUT2D eigenvalue weighted by Crippen LogP contribution is 2.25. The Labute approximate surface area is 163 Å². The lowest BCUT2D eigenvalue weighted by Crippen LogP contribution is -2.39. The zero-order valence-corrected chi connectivity index (χ0v) is 16.1. The Balaban J connectivity index is 1.60. The third-order valence-electron chi connectivity index (χ3n) is 4.60. The average molecular weight is 400 g/mol. The highest BCUT2D eigenvalue weighted by atomic mass is 32.2. The quantitative estimate of drug-likeness (QED) is 0.738. The predicted octanol–water partition coefficient (Wildman–Crippen LogP) is 2.22. The normalized spacial score (nSPS) is 19.6. The number of benzene rings is 1. The molecule has 1 aliphatic rings. The fraction of sp³-hybridized carbons (Fsp3) is 0.368. The molecule has 1 heterocycles. The molecule has 0 amide bonds. The monoisotopic (exact) mass is 400 g/mol. The van der Waals surface area contributed by atoms with Gasteiger partial charge in [-0.15, -0.1) is 0 Å². The Kier molecular flexibility index (Phi) is 6.02. The number of aromatic nitrogens is 2. The SMILES string of the molecule is CC(=O)c1cccc(S(=O)(=O)NC2CCC(Oc3nccnc3C#N)CC2)c1. The summed E-state index contributed by atoms with van der Waals surface area (Å²) >= 11 is 0. The molecule has 1 aliphatic carbocycles. The first kappa shape index (κ1) is 19.9. The molecule has 0 spiro atoms. The third kappa shape index (κ3) is 4.71. The summed E-state index contributed by atoms with van der Waals surface area (Å²) in [6.07, 6.45) is 5.19. The Morgan fingerprint density at radius 3 is 2.61 bits per heavy atom. The molecule has 146 valence electrons. The van der Waals surface area contributed by atoms with Crippen molar-refractivity contribution in [3.8, 4) is 11.9 Å². The molecule has 0 unspecified atom stereocenters. The maximum absolute atomic E-state index is 12.6. The second-order valence-electron chi connectivity index (χ2n) is 6.62. The van der Waals surface area contributed by atoms with Gasteiger partial charge in [-0.3, -0.25) is 4.79 Å². The first-order chi connectivity index (χ1) is 13.4. The fourth-order valence-electron chi connectivity index (χ4n) is 3.11. The summed E-state index contributed by atoms with van der Waals surface area (Å²) in [5, 5.41) is 9.05. The number of hydrogen-bond donors (Lipinski definition) is 1. The highest BCUT2D eigenvalue weighted by molar-refractivity contribution is 7.89. The minimum absolute atomic E-state index is 0.0804. The first-order valence-corrected chi connectivity index (χ1v) is 10.4. The smallest absolute Gasteiger partial charge is 0.251 e. The Morgan fingerprint density at radius 1 is 1.21 bits per heavy atom. The van der Waals surface area contributed by atoms with Crippen molar-refractivity contribution in [1.82, 2.24) is 14.7 Å². The molecule has 0 saturated heterocycles. The lowest BCUT2D eigenvalue weighted by molar-refractivity contribution is 0.101. The van der Waals surface area contributed by atoms with Gasteiger partial charge >= 0.3 is 0 Å². The van der Waals surface area contributed by atoms with Crippen LogP contribution in [-0.4, -0.2) is 36.3 Å². The van der Waals surface area contributed by atoms with Crippen LogP contribution in [0.2, 0.25) is 0 Å². The van der Waals surface area contributed by atoms with E-state index in [1.165, 1.54) is 31.5 Å². The van der Waals surface area contributed by atoms with Gasteiger partial charge in [0.25, 0.3) is 5.88 Å². The Morgan fingerprint density at radius 2 is 1.93 bits per heavy atom. The predicted molar refractivity (Wildman–Crippen MR) is 100 cm³/mol. The van der Waals surface area contributed by atoms with E-state index in [2.05, 4.69) is 14.7 Å². The zero-order chi connectivity index (χ0) is 20.1. The van der Waals surface area contributed by atoms with E-state index < -0.39 is 10.0 Å². The molecular formula is C19H20N4O4S. The van der Waals surface area contributed by atoms with Crippen molar-refractivity contribution in [1.29, 1.82) is 5.26 Å². The number of nitriles is 1. The summed E-state index contributed by atoms with van der Waals surface area (Å²) in [6, 6.07) is 7.73. The standard InChI is InChI=1S/C19H20N4O4S/c1-13(24)14-3-2-4-17(11-14)28(25,26)23-15-5-7-16(8-6-15)27-19-18(12-20)21-9-10-22-19/h2-4,9-11,15-16,23H,5-8H2,1H3. The summed E-state index contributed by atoms with van der Waals surface area (Å²) in [7, 11) is -3.71. The van der Waals surface area contributed by atoms with E-state index in [1.54, 1.807) is 12.1 Å². The molecule has 1 saturated carbocycles. The van der Waals surface area contributed by atoms with Gasteiger partial charge in [-0.05, 0) is 44.7 Å². The topological polar surface area (TPSA) is 122 Å². The summed E-state index contributed by atoms with van der Waals surface area (Å²) in [4.78, 5) is 19.5. The Bertz CT molecular complexity index is 1010.